The minimum absolute atomic E-state index is 0.0147. The third-order valence-electron chi connectivity index (χ3n) is 9.05. The molecule has 2 aliphatic rings. The molecule has 18 heteroatoms. The Bertz CT molecular complexity index is 2730. The smallest absolute Gasteiger partial charge is 0.349 e. The van der Waals surface area contributed by atoms with Crippen LogP contribution in [0.4, 0.5) is 0 Å². The van der Waals surface area contributed by atoms with E-state index in [1.54, 1.807) is 12.1 Å². The van der Waals surface area contributed by atoms with Crippen molar-refractivity contribution in [2.24, 2.45) is 0 Å². The lowest BCUT2D eigenvalue weighted by Crippen LogP contribution is -2.50. The van der Waals surface area contributed by atoms with Gasteiger partial charge in [0, 0.05) is 49.6 Å². The van der Waals surface area contributed by atoms with Crippen LogP contribution < -0.4 is 11.2 Å². The Balaban J connectivity index is 1.42. The molecular weight excluding hydrogens is 764 g/mol. The molecule has 0 aliphatic carbocycles. The van der Waals surface area contributed by atoms with E-state index in [9.17, 15) is 28.8 Å². The highest BCUT2D eigenvalue weighted by Crippen LogP contribution is 2.27. The van der Waals surface area contributed by atoms with Crippen molar-refractivity contribution < 1.29 is 38.1 Å². The number of carbonyl (C=O) groups is 4. The van der Waals surface area contributed by atoms with E-state index in [1.165, 1.54) is 103 Å². The van der Waals surface area contributed by atoms with E-state index in [0.29, 0.717) is 11.0 Å². The van der Waals surface area contributed by atoms with Crippen LogP contribution in [-0.2, 0) is 25.5 Å². The fourth-order valence-electron chi connectivity index (χ4n) is 5.99. The molecule has 0 fully saturated rings. The van der Waals surface area contributed by atoms with Crippen molar-refractivity contribution in [1.82, 2.24) is 39.5 Å². The van der Waals surface area contributed by atoms with Crippen LogP contribution in [0.1, 0.15) is 52.6 Å². The predicted octanol–water partition coefficient (Wildman–Crippen LogP) is 3.32. The number of fused-ring (bicyclic) bond motifs is 2. The van der Waals surface area contributed by atoms with Gasteiger partial charge in [-0.2, -0.15) is 4.98 Å². The highest BCUT2D eigenvalue weighted by atomic mass is 16.6. The minimum atomic E-state index is -1.81. The summed E-state index contributed by atoms with van der Waals surface area (Å²) < 4.78 is 25.3. The standard InChI is InChI=1S/C41H32N8O10/c1-23-15-29-30(16-24(23)2)49(35-33(46-29)36(50)48-41(55)47-35)21-31(57-38(52)26-8-4-12-43-18-26)34(59-40(54)28-10-6-14-45-20-28)32(58-39(53)27-9-5-13-44-19-27)22-56-37(51)25-7-3-11-42-17-25/h3-20,31-32,34H,21-22H2,1-2H3,(H,48,50,55). The molecule has 6 heterocycles. The second-order valence-electron chi connectivity index (χ2n) is 13.0. The lowest BCUT2D eigenvalue weighted by atomic mass is 10.0. The van der Waals surface area contributed by atoms with Gasteiger partial charge in [-0.15, -0.1) is 0 Å². The van der Waals surface area contributed by atoms with Crippen molar-refractivity contribution in [3.05, 3.63) is 164 Å². The molecule has 296 valence electrons. The third-order valence-corrected chi connectivity index (χ3v) is 9.05. The van der Waals surface area contributed by atoms with Crippen LogP contribution in [0.3, 0.4) is 0 Å². The number of carbonyl (C=O) groups excluding carboxylic acids is 4. The predicted molar refractivity (Wildman–Crippen MR) is 205 cm³/mol. The molecule has 7 rings (SSSR count). The highest BCUT2D eigenvalue weighted by Gasteiger charge is 2.41. The van der Waals surface area contributed by atoms with Gasteiger partial charge in [0.05, 0.1) is 39.8 Å². The Morgan fingerprint density at radius 1 is 0.644 bits per heavy atom. The van der Waals surface area contributed by atoms with Crippen molar-refractivity contribution in [2.75, 3.05) is 6.61 Å². The molecular formula is C41H32N8O10. The molecule has 0 saturated heterocycles. The van der Waals surface area contributed by atoms with Gasteiger partial charge in [-0.05, 0) is 85.6 Å². The number of ether oxygens (including phenoxy) is 4. The summed E-state index contributed by atoms with van der Waals surface area (Å²) in [6.45, 7) is 2.41. The number of aromatic amines is 1. The van der Waals surface area contributed by atoms with Crippen LogP contribution >= 0.6 is 0 Å². The maximum Gasteiger partial charge on any atom is 0.349 e. The van der Waals surface area contributed by atoms with Gasteiger partial charge in [0.1, 0.15) is 6.61 Å². The summed E-state index contributed by atoms with van der Waals surface area (Å²) >= 11 is 0. The number of nitrogens with one attached hydrogen (secondary N) is 1. The number of nitrogens with zero attached hydrogens (tertiary/aromatic N) is 7. The molecule has 0 amide bonds. The van der Waals surface area contributed by atoms with Crippen molar-refractivity contribution >= 4 is 34.9 Å². The first kappa shape index (κ1) is 39.2. The van der Waals surface area contributed by atoms with Crippen molar-refractivity contribution in [3.8, 4) is 11.5 Å². The van der Waals surface area contributed by atoms with E-state index in [4.69, 9.17) is 18.9 Å². The largest absolute Gasteiger partial charge is 0.458 e. The highest BCUT2D eigenvalue weighted by molar-refractivity contribution is 5.91. The molecule has 59 heavy (non-hydrogen) atoms. The van der Waals surface area contributed by atoms with E-state index in [-0.39, 0.29) is 33.8 Å². The van der Waals surface area contributed by atoms with Gasteiger partial charge in [0.25, 0.3) is 5.56 Å². The quantitative estimate of drug-likeness (QED) is 0.100. The zero-order valence-electron chi connectivity index (χ0n) is 31.3. The lowest BCUT2D eigenvalue weighted by molar-refractivity contribution is -0.104. The monoisotopic (exact) mass is 796 g/mol. The molecule has 2 aliphatic heterocycles. The fraction of sp³-hybridized carbons (Fsp3) is 0.171. The van der Waals surface area contributed by atoms with Crippen molar-refractivity contribution in [3.63, 3.8) is 0 Å². The molecule has 1 N–H and O–H groups in total. The van der Waals surface area contributed by atoms with Crippen LogP contribution in [0.25, 0.3) is 22.6 Å². The van der Waals surface area contributed by atoms with Gasteiger partial charge >= 0.3 is 29.6 Å². The number of esters is 4. The van der Waals surface area contributed by atoms with Crippen LogP contribution in [0.15, 0.2) is 120 Å². The second-order valence-corrected chi connectivity index (χ2v) is 13.0. The molecule has 18 nitrogen and oxygen atoms in total. The van der Waals surface area contributed by atoms with Crippen LogP contribution in [0, 0.1) is 13.8 Å². The zero-order chi connectivity index (χ0) is 41.5. The minimum Gasteiger partial charge on any atom is -0.458 e. The average Bonchev–Trinajstić information content (AvgIpc) is 3.26. The fourth-order valence-corrected chi connectivity index (χ4v) is 5.99. The maximum atomic E-state index is 14.0. The Morgan fingerprint density at radius 3 is 1.66 bits per heavy atom. The molecule has 0 spiro atoms. The van der Waals surface area contributed by atoms with E-state index in [1.807, 2.05) is 13.8 Å². The summed E-state index contributed by atoms with van der Waals surface area (Å²) in [6.07, 6.45) is 5.53. The molecule has 5 aromatic rings. The van der Waals surface area contributed by atoms with Gasteiger partial charge < -0.3 is 23.5 Å². The Morgan fingerprint density at radius 2 is 1.14 bits per heavy atom. The van der Waals surface area contributed by atoms with Gasteiger partial charge in [0.2, 0.25) is 0 Å². The van der Waals surface area contributed by atoms with Gasteiger partial charge in [-0.25, -0.2) is 29.0 Å². The maximum absolute atomic E-state index is 14.0. The molecule has 0 saturated carbocycles. The SMILES string of the molecule is Cc1cc2nc3c(=O)[nH]c(=O)nc-3n(CC(OC(=O)c3cccnc3)C(OC(=O)c3cccnc3)C(COC(=O)c3cccnc3)OC(=O)c3cccnc3)c2cc1C. The summed E-state index contributed by atoms with van der Waals surface area (Å²) in [4.78, 5) is 108. The topological polar surface area (TPSA) is 237 Å². The molecule has 0 bridgehead atoms. The van der Waals surface area contributed by atoms with Gasteiger partial charge in [-0.3, -0.25) is 29.7 Å². The number of hydrogen-bond acceptors (Lipinski definition) is 16. The van der Waals surface area contributed by atoms with E-state index in [2.05, 4.69) is 34.9 Å². The van der Waals surface area contributed by atoms with Crippen molar-refractivity contribution in [2.45, 2.75) is 38.7 Å². The summed E-state index contributed by atoms with van der Waals surface area (Å²) in [5, 5.41) is 0. The Hall–Kier alpha value is -8.02. The molecule has 0 radical (unpaired) electrons. The zero-order valence-corrected chi connectivity index (χ0v) is 31.3. The first-order chi connectivity index (χ1) is 28.5. The number of pyridine rings is 4. The summed E-state index contributed by atoms with van der Waals surface area (Å²) in [5.41, 5.74) is 0.160. The van der Waals surface area contributed by atoms with Gasteiger partial charge in [-0.1, -0.05) is 0 Å². The van der Waals surface area contributed by atoms with E-state index < -0.39 is 66.6 Å². The molecule has 3 unspecified atom stereocenters. The number of benzene rings is 1. The Labute approximate surface area is 333 Å². The number of aromatic nitrogens is 8. The van der Waals surface area contributed by atoms with E-state index in [0.717, 1.165) is 11.1 Å². The third kappa shape index (κ3) is 9.01. The second kappa shape index (κ2) is 17.4. The molecule has 1 aromatic carbocycles. The van der Waals surface area contributed by atoms with E-state index >= 15 is 0 Å². The number of aryl methyl sites for hydroxylation is 2. The lowest BCUT2D eigenvalue weighted by Gasteiger charge is -2.33. The number of rotatable bonds is 13. The first-order valence-electron chi connectivity index (χ1n) is 17.9. The molecule has 3 atom stereocenters. The summed E-state index contributed by atoms with van der Waals surface area (Å²) in [5.74, 6) is -4.01. The number of hydrogen-bond donors (Lipinski definition) is 1. The number of H-pyrrole nitrogens is 1. The van der Waals surface area contributed by atoms with Crippen LogP contribution in [0.2, 0.25) is 0 Å². The summed E-state index contributed by atoms with van der Waals surface area (Å²) in [7, 11) is 0. The first-order valence-corrected chi connectivity index (χ1v) is 17.9. The van der Waals surface area contributed by atoms with Gasteiger partial charge in [0.15, 0.2) is 29.8 Å². The Kier molecular flexibility index (Phi) is 11.6. The van der Waals surface area contributed by atoms with Crippen LogP contribution in [0.5, 0.6) is 0 Å². The molecule has 4 aromatic heterocycles. The van der Waals surface area contributed by atoms with Crippen LogP contribution in [-0.4, -0.2) is 88.3 Å². The average molecular weight is 797 g/mol. The van der Waals surface area contributed by atoms with Crippen molar-refractivity contribution in [1.29, 1.82) is 0 Å². The normalized spacial score (nSPS) is 12.6. The summed E-state index contributed by atoms with van der Waals surface area (Å²) in [6, 6.07) is 15.2.